The standard InChI is InChI=1S/C16H14N2O2/c19-16(20)15-9-13-11(5-4-8-14(13)18-15)10-17-12-6-2-1-3-7-12/h1-9,17-18H,10H2,(H,19,20). The second kappa shape index (κ2) is 5.09. The topological polar surface area (TPSA) is 65.1 Å². The molecule has 0 saturated carbocycles. The first kappa shape index (κ1) is 12.3. The number of carboxylic acid groups (broad SMARTS) is 1. The van der Waals surface area contributed by atoms with Crippen LogP contribution in [0.25, 0.3) is 10.9 Å². The number of hydrogen-bond donors (Lipinski definition) is 3. The van der Waals surface area contributed by atoms with E-state index in [2.05, 4.69) is 10.3 Å². The van der Waals surface area contributed by atoms with E-state index in [4.69, 9.17) is 5.11 Å². The minimum Gasteiger partial charge on any atom is -0.477 e. The van der Waals surface area contributed by atoms with Crippen LogP contribution in [-0.4, -0.2) is 16.1 Å². The van der Waals surface area contributed by atoms with E-state index in [1.165, 1.54) is 0 Å². The van der Waals surface area contributed by atoms with Crippen LogP contribution in [-0.2, 0) is 6.54 Å². The summed E-state index contributed by atoms with van der Waals surface area (Å²) in [7, 11) is 0. The van der Waals surface area contributed by atoms with Crippen LogP contribution in [0.4, 0.5) is 5.69 Å². The molecule has 4 nitrogen and oxygen atoms in total. The number of fused-ring (bicyclic) bond motifs is 1. The zero-order chi connectivity index (χ0) is 13.9. The third-order valence-corrected chi connectivity index (χ3v) is 3.24. The molecule has 0 saturated heterocycles. The molecule has 0 unspecified atom stereocenters. The minimum atomic E-state index is -0.942. The molecule has 0 spiro atoms. The number of para-hydroxylation sites is 1. The summed E-state index contributed by atoms with van der Waals surface area (Å²) >= 11 is 0. The zero-order valence-electron chi connectivity index (χ0n) is 10.8. The molecular formula is C16H14N2O2. The fourth-order valence-corrected chi connectivity index (χ4v) is 2.24. The largest absolute Gasteiger partial charge is 0.477 e. The van der Waals surface area contributed by atoms with E-state index in [0.29, 0.717) is 6.54 Å². The molecule has 0 atom stereocenters. The second-order valence-corrected chi connectivity index (χ2v) is 4.59. The number of carbonyl (C=O) groups is 1. The molecule has 3 rings (SSSR count). The van der Waals surface area contributed by atoms with Gasteiger partial charge < -0.3 is 15.4 Å². The Balaban J connectivity index is 1.89. The Morgan fingerprint density at radius 2 is 1.90 bits per heavy atom. The van der Waals surface area contributed by atoms with E-state index >= 15 is 0 Å². The van der Waals surface area contributed by atoms with E-state index < -0.39 is 5.97 Å². The van der Waals surface area contributed by atoms with Crippen molar-refractivity contribution in [3.05, 3.63) is 65.9 Å². The molecule has 0 aliphatic carbocycles. The molecule has 4 heteroatoms. The maximum atomic E-state index is 11.0. The van der Waals surface area contributed by atoms with Crippen LogP contribution < -0.4 is 5.32 Å². The van der Waals surface area contributed by atoms with E-state index in [1.54, 1.807) is 6.07 Å². The first-order valence-corrected chi connectivity index (χ1v) is 6.37. The summed E-state index contributed by atoms with van der Waals surface area (Å²) < 4.78 is 0. The van der Waals surface area contributed by atoms with Gasteiger partial charge >= 0.3 is 5.97 Å². The minimum absolute atomic E-state index is 0.215. The molecule has 1 heterocycles. The van der Waals surface area contributed by atoms with Crippen molar-refractivity contribution in [3.8, 4) is 0 Å². The third-order valence-electron chi connectivity index (χ3n) is 3.24. The number of nitrogens with one attached hydrogen (secondary N) is 2. The van der Waals surface area contributed by atoms with Crippen LogP contribution in [0.3, 0.4) is 0 Å². The molecule has 100 valence electrons. The molecule has 0 radical (unpaired) electrons. The normalized spacial score (nSPS) is 10.6. The maximum absolute atomic E-state index is 11.0. The summed E-state index contributed by atoms with van der Waals surface area (Å²) in [6, 6.07) is 17.4. The number of benzene rings is 2. The first-order chi connectivity index (χ1) is 9.74. The van der Waals surface area contributed by atoms with Crippen molar-refractivity contribution in [1.82, 2.24) is 4.98 Å². The highest BCUT2D eigenvalue weighted by Crippen LogP contribution is 2.21. The van der Waals surface area contributed by atoms with Crippen LogP contribution in [0.15, 0.2) is 54.6 Å². The van der Waals surface area contributed by atoms with Gasteiger partial charge in [0.05, 0.1) is 0 Å². The van der Waals surface area contributed by atoms with Gasteiger partial charge in [-0.1, -0.05) is 30.3 Å². The third kappa shape index (κ3) is 2.36. The summed E-state index contributed by atoms with van der Waals surface area (Å²) in [5.74, 6) is -0.942. The molecule has 1 aromatic heterocycles. The van der Waals surface area contributed by atoms with Gasteiger partial charge in [-0.25, -0.2) is 4.79 Å². The second-order valence-electron chi connectivity index (χ2n) is 4.59. The van der Waals surface area contributed by atoms with Crippen molar-refractivity contribution in [1.29, 1.82) is 0 Å². The molecule has 20 heavy (non-hydrogen) atoms. The number of hydrogen-bond acceptors (Lipinski definition) is 2. The van der Waals surface area contributed by atoms with Gasteiger partial charge in [0.2, 0.25) is 0 Å². The molecule has 0 amide bonds. The van der Waals surface area contributed by atoms with Gasteiger partial charge in [0.25, 0.3) is 0 Å². The summed E-state index contributed by atoms with van der Waals surface area (Å²) in [5.41, 5.74) is 3.16. The van der Waals surface area contributed by atoms with Gasteiger partial charge in [-0.2, -0.15) is 0 Å². The monoisotopic (exact) mass is 266 g/mol. The molecule has 3 aromatic rings. The summed E-state index contributed by atoms with van der Waals surface area (Å²) in [5, 5.41) is 13.3. The molecule has 0 aliphatic rings. The highest BCUT2D eigenvalue weighted by atomic mass is 16.4. The predicted octanol–water partition coefficient (Wildman–Crippen LogP) is 3.48. The first-order valence-electron chi connectivity index (χ1n) is 6.37. The molecule has 0 aliphatic heterocycles. The Morgan fingerprint density at radius 3 is 2.65 bits per heavy atom. The van der Waals surface area contributed by atoms with Gasteiger partial charge in [0, 0.05) is 23.1 Å². The van der Waals surface area contributed by atoms with Gasteiger partial charge in [-0.15, -0.1) is 0 Å². The smallest absolute Gasteiger partial charge is 0.352 e. The van der Waals surface area contributed by atoms with Gasteiger partial charge in [0.1, 0.15) is 5.69 Å². The highest BCUT2D eigenvalue weighted by molar-refractivity contribution is 5.95. The summed E-state index contributed by atoms with van der Waals surface area (Å²) in [6.07, 6.45) is 0. The Bertz CT molecular complexity index is 748. The lowest BCUT2D eigenvalue weighted by Crippen LogP contribution is -1.99. The van der Waals surface area contributed by atoms with Gasteiger partial charge in [-0.3, -0.25) is 0 Å². The molecule has 0 bridgehead atoms. The summed E-state index contributed by atoms with van der Waals surface area (Å²) in [6.45, 7) is 0.651. The van der Waals surface area contributed by atoms with Crippen LogP contribution >= 0.6 is 0 Å². The Hall–Kier alpha value is -2.75. The van der Waals surface area contributed by atoms with Crippen molar-refractivity contribution in [3.63, 3.8) is 0 Å². The van der Waals surface area contributed by atoms with Gasteiger partial charge in [-0.05, 0) is 29.8 Å². The number of aromatic carboxylic acids is 1. The lowest BCUT2D eigenvalue weighted by Gasteiger charge is -2.07. The van der Waals surface area contributed by atoms with E-state index in [0.717, 1.165) is 22.2 Å². The Labute approximate surface area is 116 Å². The number of anilines is 1. The van der Waals surface area contributed by atoms with Crippen LogP contribution in [0.1, 0.15) is 16.1 Å². The lowest BCUT2D eigenvalue weighted by atomic mass is 10.1. The van der Waals surface area contributed by atoms with Crippen molar-refractivity contribution in [2.24, 2.45) is 0 Å². The molecular weight excluding hydrogens is 252 g/mol. The average Bonchev–Trinajstić information content (AvgIpc) is 2.91. The van der Waals surface area contributed by atoms with E-state index in [9.17, 15) is 4.79 Å². The van der Waals surface area contributed by atoms with Crippen LogP contribution in [0.5, 0.6) is 0 Å². The van der Waals surface area contributed by atoms with Crippen LogP contribution in [0, 0.1) is 0 Å². The molecule has 0 fully saturated rings. The highest BCUT2D eigenvalue weighted by Gasteiger charge is 2.09. The SMILES string of the molecule is O=C(O)c1cc2c(CNc3ccccc3)cccc2[nH]1. The van der Waals surface area contributed by atoms with E-state index in [1.807, 2.05) is 48.5 Å². The van der Waals surface area contributed by atoms with Crippen LogP contribution in [0.2, 0.25) is 0 Å². The Kier molecular flexibility index (Phi) is 3.13. The number of aromatic amines is 1. The number of aromatic nitrogens is 1. The lowest BCUT2D eigenvalue weighted by molar-refractivity contribution is 0.0691. The number of carboxylic acids is 1. The van der Waals surface area contributed by atoms with Crippen molar-refractivity contribution < 1.29 is 9.90 Å². The van der Waals surface area contributed by atoms with Gasteiger partial charge in [0.15, 0.2) is 0 Å². The van der Waals surface area contributed by atoms with Crippen molar-refractivity contribution in [2.45, 2.75) is 6.54 Å². The molecule has 2 aromatic carbocycles. The quantitative estimate of drug-likeness (QED) is 0.677. The fraction of sp³-hybridized carbons (Fsp3) is 0.0625. The average molecular weight is 266 g/mol. The zero-order valence-corrected chi connectivity index (χ0v) is 10.8. The maximum Gasteiger partial charge on any atom is 0.352 e. The van der Waals surface area contributed by atoms with Crippen molar-refractivity contribution >= 4 is 22.6 Å². The predicted molar refractivity (Wildman–Crippen MR) is 79.0 cm³/mol. The molecule has 3 N–H and O–H groups in total. The number of rotatable bonds is 4. The van der Waals surface area contributed by atoms with Crippen molar-refractivity contribution in [2.75, 3.05) is 5.32 Å². The Morgan fingerprint density at radius 1 is 1.10 bits per heavy atom. The number of H-pyrrole nitrogens is 1. The summed E-state index contributed by atoms with van der Waals surface area (Å²) in [4.78, 5) is 13.9. The fourth-order valence-electron chi connectivity index (χ4n) is 2.24. The van der Waals surface area contributed by atoms with E-state index in [-0.39, 0.29) is 5.69 Å².